The first-order chi connectivity index (χ1) is 12.2. The molecule has 0 aliphatic carbocycles. The van der Waals surface area contributed by atoms with E-state index < -0.39 is 0 Å². The van der Waals surface area contributed by atoms with Crippen molar-refractivity contribution in [3.05, 3.63) is 64.0 Å². The molecule has 3 aromatic rings. The molecule has 0 aliphatic rings. The Hall–Kier alpha value is -1.88. The van der Waals surface area contributed by atoms with E-state index in [4.69, 9.17) is 21.1 Å². The van der Waals surface area contributed by atoms with Crippen molar-refractivity contribution >= 4 is 38.8 Å². The van der Waals surface area contributed by atoms with Crippen LogP contribution in [0.1, 0.15) is 21.7 Å². The maximum atomic E-state index is 12.6. The van der Waals surface area contributed by atoms with Crippen LogP contribution < -0.4 is 4.74 Å². The Labute approximate surface area is 156 Å². The van der Waals surface area contributed by atoms with Gasteiger partial charge in [-0.3, -0.25) is 4.79 Å². The number of ketones is 1. The van der Waals surface area contributed by atoms with Crippen LogP contribution in [0.25, 0.3) is 10.1 Å². The monoisotopic (exact) mass is 374 g/mol. The Morgan fingerprint density at radius 2 is 1.96 bits per heavy atom. The molecule has 0 saturated carbocycles. The van der Waals surface area contributed by atoms with Crippen molar-refractivity contribution in [3.8, 4) is 5.75 Å². The first kappa shape index (κ1) is 17.9. The van der Waals surface area contributed by atoms with Gasteiger partial charge in [-0.2, -0.15) is 0 Å². The van der Waals surface area contributed by atoms with Crippen LogP contribution in [0, 0.1) is 0 Å². The minimum atomic E-state index is 0.105. The molecule has 25 heavy (non-hydrogen) atoms. The Balaban J connectivity index is 1.70. The second-order valence-corrected chi connectivity index (χ2v) is 7.20. The number of rotatable bonds is 8. The second kappa shape index (κ2) is 8.48. The molecule has 1 aromatic heterocycles. The number of hydrogen-bond donors (Lipinski definition) is 0. The Morgan fingerprint density at radius 1 is 1.12 bits per heavy atom. The van der Waals surface area contributed by atoms with Crippen LogP contribution in [-0.4, -0.2) is 26.1 Å². The van der Waals surface area contributed by atoms with Crippen molar-refractivity contribution in [1.82, 2.24) is 0 Å². The number of carbonyl (C=O) groups is 1. The third kappa shape index (κ3) is 4.60. The van der Waals surface area contributed by atoms with E-state index in [2.05, 4.69) is 0 Å². The molecule has 5 heteroatoms. The average Bonchev–Trinajstić information content (AvgIpc) is 3.05. The molecule has 3 rings (SSSR count). The van der Waals surface area contributed by atoms with Gasteiger partial charge in [0.15, 0.2) is 5.78 Å². The zero-order valence-corrected chi connectivity index (χ0v) is 15.5. The highest BCUT2D eigenvalue weighted by molar-refractivity contribution is 7.20. The van der Waals surface area contributed by atoms with E-state index in [0.717, 1.165) is 26.9 Å². The van der Waals surface area contributed by atoms with Gasteiger partial charge in [-0.05, 0) is 35.2 Å². The number of methoxy groups -OCH3 is 1. The first-order valence-corrected chi connectivity index (χ1v) is 9.29. The zero-order valence-electron chi connectivity index (χ0n) is 14.0. The summed E-state index contributed by atoms with van der Waals surface area (Å²) < 4.78 is 11.8. The van der Waals surface area contributed by atoms with Gasteiger partial charge < -0.3 is 9.47 Å². The maximum absolute atomic E-state index is 12.6. The van der Waals surface area contributed by atoms with Gasteiger partial charge in [0, 0.05) is 31.3 Å². The molecule has 0 aliphatic heterocycles. The first-order valence-electron chi connectivity index (χ1n) is 8.09. The number of carbonyl (C=O) groups excluding carboxylic acids is 1. The largest absolute Gasteiger partial charge is 0.492 e. The molecule has 0 spiro atoms. The van der Waals surface area contributed by atoms with Crippen LogP contribution >= 0.6 is 22.9 Å². The summed E-state index contributed by atoms with van der Waals surface area (Å²) in [5.74, 6) is 0.716. The van der Waals surface area contributed by atoms with Crippen molar-refractivity contribution in [2.75, 3.05) is 20.3 Å². The van der Waals surface area contributed by atoms with Gasteiger partial charge in [-0.25, -0.2) is 0 Å². The van der Waals surface area contributed by atoms with Crippen LogP contribution in [0.3, 0.4) is 0 Å². The van der Waals surface area contributed by atoms with Crippen LogP contribution in [0.4, 0.5) is 0 Å². The molecule has 0 N–H and O–H groups in total. The van der Waals surface area contributed by atoms with Gasteiger partial charge in [-0.15, -0.1) is 11.3 Å². The van der Waals surface area contributed by atoms with E-state index in [0.29, 0.717) is 30.4 Å². The lowest BCUT2D eigenvalue weighted by Crippen LogP contribution is -2.04. The molecule has 0 bridgehead atoms. The van der Waals surface area contributed by atoms with Crippen molar-refractivity contribution in [2.45, 2.75) is 12.8 Å². The lowest BCUT2D eigenvalue weighted by atomic mass is 10.1. The third-order valence-electron chi connectivity index (χ3n) is 3.81. The molecule has 0 atom stereocenters. The van der Waals surface area contributed by atoms with Crippen molar-refractivity contribution in [2.24, 2.45) is 0 Å². The number of halogens is 1. The fraction of sp³-hybridized carbons (Fsp3) is 0.250. The number of thiophene rings is 1. The fourth-order valence-electron chi connectivity index (χ4n) is 2.55. The van der Waals surface area contributed by atoms with Crippen molar-refractivity contribution in [1.29, 1.82) is 0 Å². The Morgan fingerprint density at radius 3 is 2.76 bits per heavy atom. The predicted octanol–water partition coefficient (Wildman–Crippen LogP) is 5.40. The van der Waals surface area contributed by atoms with Gasteiger partial charge in [0.25, 0.3) is 0 Å². The maximum Gasteiger partial charge on any atom is 0.177 e. The lowest BCUT2D eigenvalue weighted by molar-refractivity contribution is 0.0997. The summed E-state index contributed by atoms with van der Waals surface area (Å²) in [6.07, 6.45) is 1.12. The molecular weight excluding hydrogens is 356 g/mol. The summed E-state index contributed by atoms with van der Waals surface area (Å²) in [5.41, 5.74) is 0.897. The minimum absolute atomic E-state index is 0.105. The number of hydrogen-bond acceptors (Lipinski definition) is 4. The molecule has 0 amide bonds. The standard InChI is InChI=1S/C20H19ClO3S/c1-23-9-4-10-24-18-12-14(7-8-16(18)21)11-17(22)20-13-15-5-2-3-6-19(15)25-20/h2-3,5-8,12-13H,4,9-11H2,1H3. The summed E-state index contributed by atoms with van der Waals surface area (Å²) in [7, 11) is 1.66. The normalized spacial score (nSPS) is 11.0. The lowest BCUT2D eigenvalue weighted by Gasteiger charge is -2.09. The van der Waals surface area contributed by atoms with Crippen LogP contribution in [0.15, 0.2) is 48.5 Å². The molecule has 0 fully saturated rings. The van der Waals surface area contributed by atoms with E-state index in [9.17, 15) is 4.79 Å². The van der Waals surface area contributed by atoms with Crippen molar-refractivity contribution in [3.63, 3.8) is 0 Å². The minimum Gasteiger partial charge on any atom is -0.492 e. The summed E-state index contributed by atoms with van der Waals surface area (Å²) in [5, 5.41) is 1.66. The summed E-state index contributed by atoms with van der Waals surface area (Å²) >= 11 is 7.71. The Kier molecular flexibility index (Phi) is 6.08. The fourth-order valence-corrected chi connectivity index (χ4v) is 3.72. The second-order valence-electron chi connectivity index (χ2n) is 5.71. The SMILES string of the molecule is COCCCOc1cc(CC(=O)c2cc3ccccc3s2)ccc1Cl. The van der Waals surface area contributed by atoms with Gasteiger partial charge >= 0.3 is 0 Å². The predicted molar refractivity (Wildman–Crippen MR) is 103 cm³/mol. The van der Waals surface area contributed by atoms with Gasteiger partial charge in [-0.1, -0.05) is 35.9 Å². The highest BCUT2D eigenvalue weighted by atomic mass is 35.5. The van der Waals surface area contributed by atoms with E-state index >= 15 is 0 Å². The Bertz CT molecular complexity index is 839. The molecular formula is C20H19ClO3S. The van der Waals surface area contributed by atoms with Gasteiger partial charge in [0.05, 0.1) is 16.5 Å². The van der Waals surface area contributed by atoms with Crippen LogP contribution in [0.5, 0.6) is 5.75 Å². The van der Waals surface area contributed by atoms with Crippen LogP contribution in [-0.2, 0) is 11.2 Å². The summed E-state index contributed by atoms with van der Waals surface area (Å²) in [4.78, 5) is 13.4. The van der Waals surface area contributed by atoms with E-state index in [-0.39, 0.29) is 5.78 Å². The van der Waals surface area contributed by atoms with E-state index in [1.165, 1.54) is 11.3 Å². The summed E-state index contributed by atoms with van der Waals surface area (Å²) in [6, 6.07) is 15.5. The highest BCUT2D eigenvalue weighted by Gasteiger charge is 2.12. The molecule has 0 saturated heterocycles. The molecule has 1 heterocycles. The molecule has 130 valence electrons. The molecule has 0 unspecified atom stereocenters. The number of benzene rings is 2. The molecule has 3 nitrogen and oxygen atoms in total. The topological polar surface area (TPSA) is 35.5 Å². The van der Waals surface area contributed by atoms with E-state index in [1.54, 1.807) is 13.2 Å². The zero-order chi connectivity index (χ0) is 17.6. The third-order valence-corrected chi connectivity index (χ3v) is 5.28. The molecule has 2 aromatic carbocycles. The van der Waals surface area contributed by atoms with E-state index in [1.807, 2.05) is 42.5 Å². The quantitative estimate of drug-likeness (QED) is 0.391. The number of ether oxygens (including phenoxy) is 2. The number of Topliss-reactive ketones (excluding diaryl/α,β-unsaturated/α-hetero) is 1. The number of fused-ring (bicyclic) bond motifs is 1. The molecule has 0 radical (unpaired) electrons. The van der Waals surface area contributed by atoms with Gasteiger partial charge in [0.2, 0.25) is 0 Å². The summed E-state index contributed by atoms with van der Waals surface area (Å²) in [6.45, 7) is 1.17. The average molecular weight is 375 g/mol. The van der Waals surface area contributed by atoms with Crippen LogP contribution in [0.2, 0.25) is 5.02 Å². The highest BCUT2D eigenvalue weighted by Crippen LogP contribution is 2.29. The van der Waals surface area contributed by atoms with Crippen molar-refractivity contribution < 1.29 is 14.3 Å². The van der Waals surface area contributed by atoms with Gasteiger partial charge in [0.1, 0.15) is 5.75 Å². The smallest absolute Gasteiger partial charge is 0.177 e.